The van der Waals surface area contributed by atoms with E-state index in [1.54, 1.807) is 7.11 Å². The second-order valence-corrected chi connectivity index (χ2v) is 6.90. The minimum absolute atomic E-state index is 0.0335. The maximum absolute atomic E-state index is 12.9. The van der Waals surface area contributed by atoms with Crippen molar-refractivity contribution in [3.8, 4) is 5.75 Å². The van der Waals surface area contributed by atoms with E-state index in [1.165, 1.54) is 6.92 Å². The van der Waals surface area contributed by atoms with Crippen LogP contribution in [0.4, 0.5) is 0 Å². The topological polar surface area (TPSA) is 71.2 Å². The molecular formula is C21H28N2O3. The SMILES string of the molecule is COc1ccc(C)cc1[C@@H](C)N[C@H](C)C(=O)c1[nH]c(C)c(C(C)=O)c1C. The minimum Gasteiger partial charge on any atom is -0.496 e. The van der Waals surface area contributed by atoms with Crippen LogP contribution in [0.1, 0.15) is 70.0 Å². The van der Waals surface area contributed by atoms with Crippen molar-refractivity contribution in [2.24, 2.45) is 0 Å². The molecule has 1 heterocycles. The van der Waals surface area contributed by atoms with E-state index in [-0.39, 0.29) is 17.6 Å². The summed E-state index contributed by atoms with van der Waals surface area (Å²) >= 11 is 0. The van der Waals surface area contributed by atoms with Crippen LogP contribution in [0.25, 0.3) is 0 Å². The third-order valence-electron chi connectivity index (χ3n) is 4.78. The lowest BCUT2D eigenvalue weighted by Gasteiger charge is -2.21. The molecule has 2 N–H and O–H groups in total. The predicted molar refractivity (Wildman–Crippen MR) is 103 cm³/mol. The Kier molecular flexibility index (Phi) is 6.03. The third kappa shape index (κ3) is 3.88. The Hall–Kier alpha value is -2.40. The van der Waals surface area contributed by atoms with Crippen LogP contribution in [0, 0.1) is 20.8 Å². The van der Waals surface area contributed by atoms with Gasteiger partial charge in [-0.05, 0) is 53.2 Å². The number of carbonyl (C=O) groups excluding carboxylic acids is 2. The first-order valence-electron chi connectivity index (χ1n) is 8.82. The Bertz CT molecular complexity index is 836. The summed E-state index contributed by atoms with van der Waals surface area (Å²) < 4.78 is 5.44. The van der Waals surface area contributed by atoms with Crippen molar-refractivity contribution in [2.75, 3.05) is 7.11 Å². The summed E-state index contributed by atoms with van der Waals surface area (Å²) in [7, 11) is 1.64. The summed E-state index contributed by atoms with van der Waals surface area (Å²) in [5, 5.41) is 3.35. The number of aromatic nitrogens is 1. The molecular weight excluding hydrogens is 328 g/mol. The first-order chi connectivity index (χ1) is 12.2. The van der Waals surface area contributed by atoms with Crippen molar-refractivity contribution >= 4 is 11.6 Å². The number of aromatic amines is 1. The number of H-pyrrole nitrogens is 1. The van der Waals surface area contributed by atoms with Crippen LogP contribution < -0.4 is 10.1 Å². The van der Waals surface area contributed by atoms with Gasteiger partial charge in [0.05, 0.1) is 18.8 Å². The molecule has 0 saturated carbocycles. The van der Waals surface area contributed by atoms with E-state index in [0.29, 0.717) is 11.3 Å². The lowest BCUT2D eigenvalue weighted by atomic mass is 10.0. The Morgan fingerprint density at radius 3 is 2.35 bits per heavy atom. The van der Waals surface area contributed by atoms with Crippen molar-refractivity contribution < 1.29 is 14.3 Å². The number of ether oxygens (including phenoxy) is 1. The number of aryl methyl sites for hydroxylation is 2. The highest BCUT2D eigenvalue weighted by Gasteiger charge is 2.25. The summed E-state index contributed by atoms with van der Waals surface area (Å²) in [5.74, 6) is 0.700. The molecule has 5 nitrogen and oxygen atoms in total. The second-order valence-electron chi connectivity index (χ2n) is 6.90. The average molecular weight is 356 g/mol. The van der Waals surface area contributed by atoms with E-state index in [2.05, 4.69) is 16.4 Å². The van der Waals surface area contributed by atoms with E-state index >= 15 is 0 Å². The molecule has 2 atom stereocenters. The zero-order valence-corrected chi connectivity index (χ0v) is 16.6. The van der Waals surface area contributed by atoms with Crippen molar-refractivity contribution in [3.05, 3.63) is 51.8 Å². The van der Waals surface area contributed by atoms with Gasteiger partial charge in [0, 0.05) is 22.9 Å². The van der Waals surface area contributed by atoms with E-state index in [4.69, 9.17) is 4.74 Å². The fraction of sp³-hybridized carbons (Fsp3) is 0.429. The molecule has 0 aliphatic carbocycles. The van der Waals surface area contributed by atoms with Crippen molar-refractivity contribution in [2.45, 2.75) is 53.6 Å². The maximum Gasteiger partial charge on any atom is 0.195 e. The zero-order valence-electron chi connectivity index (χ0n) is 16.6. The fourth-order valence-corrected chi connectivity index (χ4v) is 3.47. The molecule has 5 heteroatoms. The van der Waals surface area contributed by atoms with Crippen molar-refractivity contribution in [1.29, 1.82) is 0 Å². The van der Waals surface area contributed by atoms with Crippen molar-refractivity contribution in [3.63, 3.8) is 0 Å². The van der Waals surface area contributed by atoms with Crippen LogP contribution in [0.15, 0.2) is 18.2 Å². The first-order valence-corrected chi connectivity index (χ1v) is 8.82. The Morgan fingerprint density at radius 2 is 1.81 bits per heavy atom. The molecule has 0 bridgehead atoms. The second kappa shape index (κ2) is 7.87. The molecule has 0 amide bonds. The molecule has 0 saturated heterocycles. The Morgan fingerprint density at radius 1 is 1.15 bits per heavy atom. The first kappa shape index (κ1) is 19.9. The largest absolute Gasteiger partial charge is 0.496 e. The standard InChI is InChI=1S/C21H28N2O3/c1-11-8-9-18(26-7)17(10-11)13(3)22-15(5)21(25)20-12(2)19(16(6)24)14(4)23-20/h8-10,13,15,22-23H,1-7H3/t13-,15-/m1/s1. The summed E-state index contributed by atoms with van der Waals surface area (Å²) in [4.78, 5) is 27.8. The molecule has 1 aromatic heterocycles. The van der Waals surface area contributed by atoms with E-state index in [0.717, 1.165) is 28.1 Å². The molecule has 0 aliphatic rings. The zero-order chi connectivity index (χ0) is 19.6. The van der Waals surface area contributed by atoms with Crippen LogP contribution in [-0.4, -0.2) is 29.7 Å². The normalized spacial score (nSPS) is 13.3. The third-order valence-corrected chi connectivity index (χ3v) is 4.78. The van der Waals surface area contributed by atoms with Gasteiger partial charge in [0.2, 0.25) is 0 Å². The van der Waals surface area contributed by atoms with E-state index in [9.17, 15) is 9.59 Å². The molecule has 0 spiro atoms. The molecule has 2 rings (SSSR count). The van der Waals surface area contributed by atoms with Gasteiger partial charge in [-0.15, -0.1) is 0 Å². The number of hydrogen-bond donors (Lipinski definition) is 2. The smallest absolute Gasteiger partial charge is 0.195 e. The summed E-state index contributed by atoms with van der Waals surface area (Å²) in [6.45, 7) is 11.0. The van der Waals surface area contributed by atoms with Crippen LogP contribution >= 0.6 is 0 Å². The minimum atomic E-state index is -0.410. The van der Waals surface area contributed by atoms with E-state index in [1.807, 2.05) is 46.8 Å². The van der Waals surface area contributed by atoms with Gasteiger partial charge in [0.1, 0.15) is 5.75 Å². The average Bonchev–Trinajstić information content (AvgIpc) is 2.88. The molecule has 2 aromatic rings. The van der Waals surface area contributed by atoms with Gasteiger partial charge < -0.3 is 15.0 Å². The monoisotopic (exact) mass is 356 g/mol. The molecule has 140 valence electrons. The summed E-state index contributed by atoms with van der Waals surface area (Å²) in [6, 6.07) is 5.52. The molecule has 0 fully saturated rings. The summed E-state index contributed by atoms with van der Waals surface area (Å²) in [6.07, 6.45) is 0. The number of carbonyl (C=O) groups is 2. The fourth-order valence-electron chi connectivity index (χ4n) is 3.47. The number of methoxy groups -OCH3 is 1. The molecule has 26 heavy (non-hydrogen) atoms. The maximum atomic E-state index is 12.9. The highest BCUT2D eigenvalue weighted by atomic mass is 16.5. The number of ketones is 2. The van der Waals surface area contributed by atoms with Crippen LogP contribution in [-0.2, 0) is 0 Å². The number of Topliss-reactive ketones (excluding diaryl/α,β-unsaturated/α-hetero) is 2. The van der Waals surface area contributed by atoms with Gasteiger partial charge in [-0.1, -0.05) is 17.7 Å². The van der Waals surface area contributed by atoms with Gasteiger partial charge in [0.15, 0.2) is 11.6 Å². The molecule has 0 aliphatic heterocycles. The lowest BCUT2D eigenvalue weighted by molar-refractivity contribution is 0.0940. The Balaban J connectivity index is 2.24. The van der Waals surface area contributed by atoms with Crippen molar-refractivity contribution in [1.82, 2.24) is 10.3 Å². The molecule has 0 unspecified atom stereocenters. The number of benzene rings is 1. The van der Waals surface area contributed by atoms with E-state index < -0.39 is 6.04 Å². The highest BCUT2D eigenvalue weighted by molar-refractivity contribution is 6.05. The van der Waals surface area contributed by atoms with Gasteiger partial charge in [-0.3, -0.25) is 9.59 Å². The van der Waals surface area contributed by atoms with Crippen LogP contribution in [0.3, 0.4) is 0 Å². The Labute approximate surface area is 155 Å². The quantitative estimate of drug-likeness (QED) is 0.734. The number of hydrogen-bond acceptors (Lipinski definition) is 4. The highest BCUT2D eigenvalue weighted by Crippen LogP contribution is 2.27. The lowest BCUT2D eigenvalue weighted by Crippen LogP contribution is -2.36. The van der Waals surface area contributed by atoms with Gasteiger partial charge in [-0.2, -0.15) is 0 Å². The number of rotatable bonds is 7. The molecule has 1 aromatic carbocycles. The van der Waals surface area contributed by atoms with Gasteiger partial charge in [-0.25, -0.2) is 0 Å². The predicted octanol–water partition coefficient (Wildman–Crippen LogP) is 4.07. The van der Waals surface area contributed by atoms with Gasteiger partial charge >= 0.3 is 0 Å². The molecule has 0 radical (unpaired) electrons. The number of nitrogens with one attached hydrogen (secondary N) is 2. The van der Waals surface area contributed by atoms with Crippen LogP contribution in [0.5, 0.6) is 5.75 Å². The summed E-state index contributed by atoms with van der Waals surface area (Å²) in [5.41, 5.74) is 4.70. The van der Waals surface area contributed by atoms with Crippen LogP contribution in [0.2, 0.25) is 0 Å². The van der Waals surface area contributed by atoms with Gasteiger partial charge in [0.25, 0.3) is 0 Å².